The molecule has 6 rings (SSSR count). The third kappa shape index (κ3) is 4.88. The number of benzene rings is 3. The first-order chi connectivity index (χ1) is 20.8. The van der Waals surface area contributed by atoms with Gasteiger partial charge >= 0.3 is 24.7 Å². The monoisotopic (exact) mass is 620 g/mol. The molecule has 0 aliphatic rings. The van der Waals surface area contributed by atoms with Gasteiger partial charge in [-0.1, -0.05) is 0 Å². The van der Waals surface area contributed by atoms with Crippen LogP contribution in [-0.4, -0.2) is 15.3 Å². The Morgan fingerprint density at radius 3 is 1.07 bits per heavy atom. The number of hydrogen-bond acceptors (Lipinski definition) is 13. The third-order valence-electron chi connectivity index (χ3n) is 6.90. The van der Waals surface area contributed by atoms with Crippen molar-refractivity contribution >= 4 is 40.7 Å². The summed E-state index contributed by atoms with van der Waals surface area (Å²) in [5.41, 5.74) is -3.08. The van der Waals surface area contributed by atoms with E-state index in [0.717, 1.165) is 0 Å². The summed E-state index contributed by atoms with van der Waals surface area (Å²) in [6, 6.07) is 11.9. The normalized spacial score (nSPS) is 11.7. The number of hydrogen-bond donors (Lipinski definition) is 3. The molecule has 3 heterocycles. The Bertz CT molecular complexity index is 2120. The highest BCUT2D eigenvalue weighted by atomic mass is 31.2. The Labute approximate surface area is 245 Å². The third-order valence-corrected chi connectivity index (χ3v) is 8.12. The Morgan fingerprint density at radius 2 is 0.795 bits per heavy atom. The molecule has 0 amide bonds. The van der Waals surface area contributed by atoms with E-state index in [0.29, 0.717) is 16.2 Å². The molecule has 0 saturated heterocycles. The predicted octanol–water partition coefficient (Wildman–Crippen LogP) is 5.69. The van der Waals surface area contributed by atoms with Gasteiger partial charge in [-0.2, -0.15) is 4.57 Å². The van der Waals surface area contributed by atoms with Crippen molar-refractivity contribution in [2.24, 2.45) is 0 Å². The van der Waals surface area contributed by atoms with Crippen LogP contribution in [0, 0.1) is 20.8 Å². The van der Waals surface area contributed by atoms with Crippen molar-refractivity contribution in [3.05, 3.63) is 103 Å². The molecular formula is C30H21O13P. The highest BCUT2D eigenvalue weighted by Gasteiger charge is 2.39. The van der Waals surface area contributed by atoms with Crippen LogP contribution in [0.4, 0.5) is 0 Å². The molecule has 3 aromatic heterocycles. The second-order valence-electron chi connectivity index (χ2n) is 9.79. The molecule has 3 N–H and O–H groups in total. The summed E-state index contributed by atoms with van der Waals surface area (Å²) in [5.74, 6) is -2.43. The van der Waals surface area contributed by atoms with Crippen LogP contribution in [0.2, 0.25) is 0 Å². The van der Waals surface area contributed by atoms with Crippen LogP contribution < -0.4 is 30.4 Å². The molecule has 44 heavy (non-hydrogen) atoms. The number of phenols is 3. The smallest absolute Gasteiger partial charge is 0.508 e. The summed E-state index contributed by atoms with van der Waals surface area (Å²) >= 11 is 0. The minimum absolute atomic E-state index is 0.0000560. The molecule has 0 spiro atoms. The Kier molecular flexibility index (Phi) is 6.62. The van der Waals surface area contributed by atoms with Crippen molar-refractivity contribution in [1.29, 1.82) is 0 Å². The van der Waals surface area contributed by atoms with Gasteiger partial charge in [0.05, 0.1) is 0 Å². The maximum Gasteiger partial charge on any atom is 0.647 e. The molecule has 224 valence electrons. The lowest BCUT2D eigenvalue weighted by Crippen LogP contribution is -2.19. The highest BCUT2D eigenvalue weighted by Crippen LogP contribution is 2.51. The number of phosphoric ester groups is 1. The molecule has 0 saturated carbocycles. The fourth-order valence-electron chi connectivity index (χ4n) is 4.69. The van der Waals surface area contributed by atoms with E-state index in [4.69, 9.17) is 26.8 Å². The molecule has 3 aromatic carbocycles. The minimum atomic E-state index is -5.24. The lowest BCUT2D eigenvalue weighted by Gasteiger charge is -2.21. The van der Waals surface area contributed by atoms with E-state index in [9.17, 15) is 34.3 Å². The van der Waals surface area contributed by atoms with Crippen LogP contribution in [0.5, 0.6) is 34.5 Å². The largest absolute Gasteiger partial charge is 0.647 e. The fraction of sp³-hybridized carbons (Fsp3) is 0.100. The van der Waals surface area contributed by atoms with Crippen LogP contribution in [0.15, 0.2) is 82.2 Å². The van der Waals surface area contributed by atoms with Crippen molar-refractivity contribution in [2.45, 2.75) is 20.8 Å². The topological polar surface area (TPSA) is 196 Å². The molecule has 0 radical (unpaired) electrons. The first kappa shape index (κ1) is 28.4. The summed E-state index contributed by atoms with van der Waals surface area (Å²) in [5, 5.41) is 30.3. The second kappa shape index (κ2) is 10.2. The van der Waals surface area contributed by atoms with Crippen molar-refractivity contribution in [3.63, 3.8) is 0 Å². The Hall–Kier alpha value is -5.68. The summed E-state index contributed by atoms with van der Waals surface area (Å²) in [4.78, 5) is 39.0. The highest BCUT2D eigenvalue weighted by molar-refractivity contribution is 7.49. The average molecular weight is 620 g/mol. The fourth-order valence-corrected chi connectivity index (χ4v) is 6.11. The SMILES string of the molecule is Cc1c(OP(=O)(Oc2c(C)c3ccc(O)cc3oc2=O)Oc2c(C)c3ccc(O)cc3oc2=O)c(=O)oc2cc(O)ccc12. The minimum Gasteiger partial charge on any atom is -0.508 e. The Balaban J connectivity index is 1.54. The van der Waals surface area contributed by atoms with Crippen LogP contribution in [-0.2, 0) is 4.57 Å². The number of aryl methyl sites for hydroxylation is 3. The second-order valence-corrected chi connectivity index (χ2v) is 11.2. The van der Waals surface area contributed by atoms with Gasteiger partial charge in [0, 0.05) is 51.0 Å². The molecule has 6 aromatic rings. The number of phosphoric acid groups is 1. The van der Waals surface area contributed by atoms with Crippen LogP contribution in [0.25, 0.3) is 32.9 Å². The first-order valence-corrected chi connectivity index (χ1v) is 14.3. The van der Waals surface area contributed by atoms with Crippen molar-refractivity contribution in [1.82, 2.24) is 0 Å². The molecule has 0 bridgehead atoms. The Morgan fingerprint density at radius 1 is 0.523 bits per heavy atom. The van der Waals surface area contributed by atoms with Gasteiger partial charge in [-0.25, -0.2) is 14.4 Å². The van der Waals surface area contributed by atoms with Gasteiger partial charge in [0.2, 0.25) is 17.2 Å². The quantitative estimate of drug-likeness (QED) is 0.152. The van der Waals surface area contributed by atoms with E-state index >= 15 is 0 Å². The van der Waals surface area contributed by atoms with Gasteiger partial charge in [0.1, 0.15) is 34.0 Å². The molecule has 14 heteroatoms. The van der Waals surface area contributed by atoms with Crippen LogP contribution in [0.1, 0.15) is 16.7 Å². The van der Waals surface area contributed by atoms with E-state index in [1.807, 2.05) is 0 Å². The summed E-state index contributed by atoms with van der Waals surface area (Å²) in [6.45, 7) is 4.33. The first-order valence-electron chi connectivity index (χ1n) is 12.8. The van der Waals surface area contributed by atoms with Gasteiger partial charge in [-0.15, -0.1) is 0 Å². The van der Waals surface area contributed by atoms with E-state index in [1.165, 1.54) is 75.4 Å². The van der Waals surface area contributed by atoms with E-state index in [1.54, 1.807) is 0 Å². The summed E-state index contributed by atoms with van der Waals surface area (Å²) in [7, 11) is -5.24. The lowest BCUT2D eigenvalue weighted by molar-refractivity contribution is 0.282. The van der Waals surface area contributed by atoms with Crippen molar-refractivity contribution in [3.8, 4) is 34.5 Å². The molecule has 0 unspecified atom stereocenters. The zero-order chi connectivity index (χ0) is 31.5. The maximum absolute atomic E-state index is 14.5. The summed E-state index contributed by atoms with van der Waals surface area (Å²) < 4.78 is 47.0. The number of fused-ring (bicyclic) bond motifs is 3. The maximum atomic E-state index is 14.5. The molecule has 13 nitrogen and oxygen atoms in total. The van der Waals surface area contributed by atoms with Crippen LogP contribution in [0.3, 0.4) is 0 Å². The zero-order valence-corrected chi connectivity index (χ0v) is 24.0. The van der Waals surface area contributed by atoms with Crippen molar-refractivity contribution < 1.29 is 46.7 Å². The lowest BCUT2D eigenvalue weighted by atomic mass is 10.1. The molecular weight excluding hydrogens is 599 g/mol. The standard InChI is InChI=1S/C30H21O13P/c1-13-19-7-4-16(31)10-22(19)38-28(34)25(13)41-44(37,42-26-14(2)20-8-5-17(32)11-23(20)39-29(26)35)43-27-15(3)21-9-6-18(33)12-24(21)40-30(27)36/h4-12,31-33H,1-3H3. The van der Waals surface area contributed by atoms with E-state index in [2.05, 4.69) is 0 Å². The van der Waals surface area contributed by atoms with Gasteiger partial charge in [0.15, 0.2) is 0 Å². The van der Waals surface area contributed by atoms with E-state index in [-0.39, 0.29) is 50.7 Å². The molecule has 0 aliphatic heterocycles. The van der Waals surface area contributed by atoms with Gasteiger partial charge in [-0.3, -0.25) is 0 Å². The van der Waals surface area contributed by atoms with E-state index < -0.39 is 41.9 Å². The van der Waals surface area contributed by atoms with Gasteiger partial charge in [0.25, 0.3) is 0 Å². The van der Waals surface area contributed by atoms with Crippen LogP contribution >= 0.6 is 7.82 Å². The predicted molar refractivity (Wildman–Crippen MR) is 156 cm³/mol. The summed E-state index contributed by atoms with van der Waals surface area (Å²) in [6.07, 6.45) is 0. The van der Waals surface area contributed by atoms with Crippen molar-refractivity contribution in [2.75, 3.05) is 0 Å². The molecule has 0 aliphatic carbocycles. The van der Waals surface area contributed by atoms with Gasteiger partial charge in [-0.05, 0) is 57.2 Å². The number of phenolic OH excluding ortho intramolecular Hbond substituents is 3. The number of rotatable bonds is 6. The number of aromatic hydroxyl groups is 3. The zero-order valence-electron chi connectivity index (χ0n) is 23.1. The molecule has 0 fully saturated rings. The molecule has 0 atom stereocenters. The van der Waals surface area contributed by atoms with Gasteiger partial charge < -0.3 is 42.1 Å². The average Bonchev–Trinajstić information content (AvgIpc) is 2.95.